The van der Waals surface area contributed by atoms with Crippen LogP contribution >= 0.6 is 0 Å². The van der Waals surface area contributed by atoms with Gasteiger partial charge in [-0.05, 0) is 29.8 Å². The Morgan fingerprint density at radius 2 is 2.00 bits per heavy atom. The number of benzene rings is 1. The number of carbonyl (C=O) groups is 1. The van der Waals surface area contributed by atoms with E-state index in [2.05, 4.69) is 15.5 Å². The van der Waals surface area contributed by atoms with Crippen molar-refractivity contribution in [1.29, 1.82) is 0 Å². The number of hydrazone groups is 1. The summed E-state index contributed by atoms with van der Waals surface area (Å²) in [7, 11) is 0. The molecule has 3 aromatic rings. The summed E-state index contributed by atoms with van der Waals surface area (Å²) in [6, 6.07) is 16.8. The number of hydrogen-bond donors (Lipinski definition) is 1. The predicted molar refractivity (Wildman–Crippen MR) is 83.4 cm³/mol. The minimum Gasteiger partial charge on any atom is -0.459 e. The Bertz CT molecular complexity index is 781. The zero-order valence-corrected chi connectivity index (χ0v) is 11.6. The summed E-state index contributed by atoms with van der Waals surface area (Å²) < 4.78 is 4.98. The summed E-state index contributed by atoms with van der Waals surface area (Å²) in [6.45, 7) is 0. The van der Waals surface area contributed by atoms with Gasteiger partial charge >= 0.3 is 5.91 Å². The third kappa shape index (κ3) is 3.27. The first-order valence-electron chi connectivity index (χ1n) is 6.71. The number of amides is 1. The van der Waals surface area contributed by atoms with Crippen molar-refractivity contribution in [3.8, 4) is 11.3 Å². The molecular weight excluding hydrogens is 278 g/mol. The van der Waals surface area contributed by atoms with Crippen molar-refractivity contribution in [3.05, 3.63) is 78.4 Å². The Balaban J connectivity index is 1.71. The van der Waals surface area contributed by atoms with Gasteiger partial charge in [0.1, 0.15) is 0 Å². The number of aromatic nitrogens is 1. The van der Waals surface area contributed by atoms with Gasteiger partial charge in [0.05, 0.1) is 18.2 Å². The number of nitrogens with one attached hydrogen (secondary N) is 1. The second-order valence-corrected chi connectivity index (χ2v) is 4.52. The Morgan fingerprint density at radius 3 is 2.77 bits per heavy atom. The fraction of sp³-hybridized carbons (Fsp3) is 0. The molecule has 0 aliphatic carbocycles. The Labute approximate surface area is 127 Å². The molecule has 5 heteroatoms. The van der Waals surface area contributed by atoms with Crippen molar-refractivity contribution in [2.75, 3.05) is 0 Å². The average molecular weight is 291 g/mol. The number of pyridine rings is 1. The van der Waals surface area contributed by atoms with Gasteiger partial charge in [-0.3, -0.25) is 9.78 Å². The van der Waals surface area contributed by atoms with E-state index in [0.29, 0.717) is 0 Å². The van der Waals surface area contributed by atoms with E-state index in [-0.39, 0.29) is 5.76 Å². The van der Waals surface area contributed by atoms with Gasteiger partial charge in [0.2, 0.25) is 0 Å². The lowest BCUT2D eigenvalue weighted by atomic mass is 10.1. The first-order chi connectivity index (χ1) is 10.8. The Kier molecular flexibility index (Phi) is 4.06. The average Bonchev–Trinajstić information content (AvgIpc) is 3.10. The van der Waals surface area contributed by atoms with Gasteiger partial charge in [0.15, 0.2) is 5.76 Å². The van der Waals surface area contributed by atoms with Gasteiger partial charge in [-0.15, -0.1) is 0 Å². The molecule has 0 spiro atoms. The molecule has 0 unspecified atom stereocenters. The molecule has 108 valence electrons. The van der Waals surface area contributed by atoms with E-state index < -0.39 is 5.91 Å². The molecule has 2 aromatic heterocycles. The van der Waals surface area contributed by atoms with E-state index in [4.69, 9.17) is 4.42 Å². The molecule has 0 atom stereocenters. The van der Waals surface area contributed by atoms with Crippen molar-refractivity contribution in [3.63, 3.8) is 0 Å². The molecule has 22 heavy (non-hydrogen) atoms. The molecule has 1 amide bonds. The molecule has 3 rings (SSSR count). The first kappa shape index (κ1) is 13.8. The van der Waals surface area contributed by atoms with Crippen molar-refractivity contribution in [1.82, 2.24) is 10.4 Å². The van der Waals surface area contributed by atoms with Crippen LogP contribution < -0.4 is 5.43 Å². The van der Waals surface area contributed by atoms with Crippen LogP contribution in [0.4, 0.5) is 0 Å². The zero-order valence-electron chi connectivity index (χ0n) is 11.6. The van der Waals surface area contributed by atoms with E-state index in [1.54, 1.807) is 24.5 Å². The third-order valence-electron chi connectivity index (χ3n) is 2.98. The molecule has 0 bridgehead atoms. The highest BCUT2D eigenvalue weighted by Gasteiger charge is 2.05. The standard InChI is InChI=1S/C17H13N3O2/c21-17(16-7-4-10-22-16)20-19-12-13-8-9-18-15(11-13)14-5-2-1-3-6-14/h1-12H,(H,20,21)/b19-12+. The maximum Gasteiger partial charge on any atom is 0.307 e. The molecule has 1 aromatic carbocycles. The lowest BCUT2D eigenvalue weighted by Gasteiger charge is -2.01. The van der Waals surface area contributed by atoms with Crippen molar-refractivity contribution >= 4 is 12.1 Å². The fourth-order valence-electron chi connectivity index (χ4n) is 1.92. The molecule has 0 saturated carbocycles. The largest absolute Gasteiger partial charge is 0.459 e. The third-order valence-corrected chi connectivity index (χ3v) is 2.98. The number of hydrogen-bond acceptors (Lipinski definition) is 4. The molecule has 0 saturated heterocycles. The maximum absolute atomic E-state index is 11.7. The summed E-state index contributed by atoms with van der Waals surface area (Å²) in [4.78, 5) is 16.0. The van der Waals surface area contributed by atoms with E-state index in [9.17, 15) is 4.79 Å². The van der Waals surface area contributed by atoms with Crippen LogP contribution in [0.5, 0.6) is 0 Å². The second kappa shape index (κ2) is 6.49. The lowest BCUT2D eigenvalue weighted by Crippen LogP contribution is -2.16. The topological polar surface area (TPSA) is 67.5 Å². The van der Waals surface area contributed by atoms with Gasteiger partial charge in [-0.2, -0.15) is 5.10 Å². The number of furan rings is 1. The van der Waals surface area contributed by atoms with E-state index in [1.165, 1.54) is 6.26 Å². The second-order valence-electron chi connectivity index (χ2n) is 4.52. The highest BCUT2D eigenvalue weighted by molar-refractivity contribution is 5.92. The normalized spacial score (nSPS) is 10.7. The Hall–Kier alpha value is -3.21. The molecule has 0 fully saturated rings. The molecule has 0 aliphatic rings. The van der Waals surface area contributed by atoms with Crippen molar-refractivity contribution < 1.29 is 9.21 Å². The van der Waals surface area contributed by atoms with Crippen LogP contribution in [0.2, 0.25) is 0 Å². The summed E-state index contributed by atoms with van der Waals surface area (Å²) in [5, 5.41) is 3.92. The van der Waals surface area contributed by atoms with Crippen LogP contribution in [0.15, 0.2) is 76.6 Å². The molecule has 1 N–H and O–H groups in total. The van der Waals surface area contributed by atoms with E-state index >= 15 is 0 Å². The highest BCUT2D eigenvalue weighted by Crippen LogP contribution is 2.16. The molecule has 0 radical (unpaired) electrons. The van der Waals surface area contributed by atoms with Gasteiger partial charge in [0.25, 0.3) is 0 Å². The van der Waals surface area contributed by atoms with E-state index in [1.807, 2.05) is 42.5 Å². The highest BCUT2D eigenvalue weighted by atomic mass is 16.3. The number of carbonyl (C=O) groups excluding carboxylic acids is 1. The summed E-state index contributed by atoms with van der Waals surface area (Å²) in [5.74, 6) is -0.171. The lowest BCUT2D eigenvalue weighted by molar-refractivity contribution is 0.0927. The van der Waals surface area contributed by atoms with Crippen LogP contribution in [0.25, 0.3) is 11.3 Å². The fourth-order valence-corrected chi connectivity index (χ4v) is 1.92. The van der Waals surface area contributed by atoms with Crippen LogP contribution in [-0.2, 0) is 0 Å². The van der Waals surface area contributed by atoms with Crippen molar-refractivity contribution in [2.45, 2.75) is 0 Å². The van der Waals surface area contributed by atoms with Gasteiger partial charge in [-0.1, -0.05) is 30.3 Å². The quantitative estimate of drug-likeness (QED) is 0.593. The predicted octanol–water partition coefficient (Wildman–Crippen LogP) is 3.11. The molecule has 0 aliphatic heterocycles. The van der Waals surface area contributed by atoms with Crippen LogP contribution in [0.1, 0.15) is 16.1 Å². The maximum atomic E-state index is 11.7. The van der Waals surface area contributed by atoms with Crippen LogP contribution in [-0.4, -0.2) is 17.1 Å². The SMILES string of the molecule is O=C(N/N=C/c1ccnc(-c2ccccc2)c1)c1ccco1. The summed E-state index contributed by atoms with van der Waals surface area (Å²) in [5.41, 5.74) is 5.12. The molecule has 5 nitrogen and oxygen atoms in total. The molecule has 2 heterocycles. The summed E-state index contributed by atoms with van der Waals surface area (Å²) >= 11 is 0. The minimum atomic E-state index is -0.390. The van der Waals surface area contributed by atoms with Crippen LogP contribution in [0.3, 0.4) is 0 Å². The Morgan fingerprint density at radius 1 is 1.14 bits per heavy atom. The van der Waals surface area contributed by atoms with E-state index in [0.717, 1.165) is 16.8 Å². The van der Waals surface area contributed by atoms with Crippen molar-refractivity contribution in [2.24, 2.45) is 5.10 Å². The zero-order chi connectivity index (χ0) is 15.2. The van der Waals surface area contributed by atoms with Gasteiger partial charge < -0.3 is 4.42 Å². The minimum absolute atomic E-state index is 0.219. The smallest absolute Gasteiger partial charge is 0.307 e. The first-order valence-corrected chi connectivity index (χ1v) is 6.71. The monoisotopic (exact) mass is 291 g/mol. The number of rotatable bonds is 4. The summed E-state index contributed by atoms with van der Waals surface area (Å²) in [6.07, 6.45) is 4.71. The van der Waals surface area contributed by atoms with Gasteiger partial charge in [-0.25, -0.2) is 5.43 Å². The molecular formula is C17H13N3O2. The van der Waals surface area contributed by atoms with Gasteiger partial charge in [0, 0.05) is 11.8 Å². The number of nitrogens with zero attached hydrogens (tertiary/aromatic N) is 2. The van der Waals surface area contributed by atoms with Crippen LogP contribution in [0, 0.1) is 0 Å².